The van der Waals surface area contributed by atoms with E-state index in [4.69, 9.17) is 5.26 Å². The molecule has 5 nitrogen and oxygen atoms in total. The quantitative estimate of drug-likeness (QED) is 0.453. The second-order valence-corrected chi connectivity index (χ2v) is 4.07. The van der Waals surface area contributed by atoms with Crippen LogP contribution in [0.4, 0.5) is 0 Å². The Labute approximate surface area is 72.4 Å². The van der Waals surface area contributed by atoms with Gasteiger partial charge in [-0.15, -0.1) is 0 Å². The number of nitriles is 1. The second-order valence-electron chi connectivity index (χ2n) is 2.14. The number of hydrogen-bond acceptors (Lipinski definition) is 4. The highest BCUT2D eigenvalue weighted by atomic mass is 32.2. The van der Waals surface area contributed by atoms with Gasteiger partial charge in [-0.2, -0.15) is 5.26 Å². The molecule has 0 aliphatic heterocycles. The van der Waals surface area contributed by atoms with Gasteiger partial charge in [0.15, 0.2) is 0 Å². The predicted octanol–water partition coefficient (Wildman–Crippen LogP) is -0.534. The SMILES string of the molecule is COCCCS(=O)(=O)NCC#N. The number of sulfonamides is 1. The maximum atomic E-state index is 10.9. The Hall–Kier alpha value is -0.640. The summed E-state index contributed by atoms with van der Waals surface area (Å²) in [6.45, 7) is 0.239. The smallest absolute Gasteiger partial charge is 0.212 e. The Kier molecular flexibility index (Phi) is 5.62. The van der Waals surface area contributed by atoms with Gasteiger partial charge in [-0.25, -0.2) is 13.1 Å². The number of ether oxygens (including phenoxy) is 1. The fourth-order valence-electron chi connectivity index (χ4n) is 0.608. The van der Waals surface area contributed by atoms with Crippen molar-refractivity contribution in [3.63, 3.8) is 0 Å². The molecule has 0 aliphatic carbocycles. The van der Waals surface area contributed by atoms with E-state index in [2.05, 4.69) is 9.46 Å². The van der Waals surface area contributed by atoms with E-state index < -0.39 is 10.0 Å². The Bertz CT molecular complexity index is 242. The molecule has 0 radical (unpaired) electrons. The van der Waals surface area contributed by atoms with E-state index in [1.54, 1.807) is 6.07 Å². The van der Waals surface area contributed by atoms with Gasteiger partial charge in [0.1, 0.15) is 0 Å². The molecule has 1 N–H and O–H groups in total. The van der Waals surface area contributed by atoms with Crippen LogP contribution in [-0.2, 0) is 14.8 Å². The third-order valence-electron chi connectivity index (χ3n) is 1.13. The van der Waals surface area contributed by atoms with Crippen LogP contribution in [-0.4, -0.2) is 34.4 Å². The molecule has 0 rings (SSSR count). The maximum absolute atomic E-state index is 10.9. The van der Waals surface area contributed by atoms with E-state index in [1.807, 2.05) is 0 Å². The van der Waals surface area contributed by atoms with E-state index in [-0.39, 0.29) is 12.3 Å². The maximum Gasteiger partial charge on any atom is 0.212 e. The first-order chi connectivity index (χ1) is 5.62. The average molecular weight is 192 g/mol. The molecule has 0 saturated carbocycles. The van der Waals surface area contributed by atoms with Crippen LogP contribution in [0.25, 0.3) is 0 Å². The van der Waals surface area contributed by atoms with Gasteiger partial charge in [0.25, 0.3) is 0 Å². The van der Waals surface area contributed by atoms with Gasteiger partial charge in [0, 0.05) is 13.7 Å². The van der Waals surface area contributed by atoms with Crippen LogP contribution in [0.5, 0.6) is 0 Å². The summed E-state index contributed by atoms with van der Waals surface area (Å²) < 4.78 is 28.7. The second kappa shape index (κ2) is 5.94. The molecule has 70 valence electrons. The molecular formula is C6H12N2O3S. The standard InChI is InChI=1S/C6H12N2O3S/c1-11-5-2-6-12(9,10)8-4-3-7/h8H,2,4-6H2,1H3. The molecule has 0 aromatic heterocycles. The van der Waals surface area contributed by atoms with Crippen LogP contribution in [0.2, 0.25) is 0 Å². The Balaban J connectivity index is 3.67. The van der Waals surface area contributed by atoms with Crippen molar-refractivity contribution in [2.45, 2.75) is 6.42 Å². The van der Waals surface area contributed by atoms with Crippen molar-refractivity contribution in [1.29, 1.82) is 5.26 Å². The minimum atomic E-state index is -3.27. The van der Waals surface area contributed by atoms with Crippen molar-refractivity contribution >= 4 is 10.0 Å². The molecule has 0 fully saturated rings. The zero-order chi connectivity index (χ0) is 9.45. The minimum absolute atomic E-state index is 0.00250. The van der Waals surface area contributed by atoms with Gasteiger partial charge >= 0.3 is 0 Å². The van der Waals surface area contributed by atoms with E-state index in [0.717, 1.165) is 0 Å². The van der Waals surface area contributed by atoms with Crippen LogP contribution >= 0.6 is 0 Å². The van der Waals surface area contributed by atoms with Crippen LogP contribution in [0, 0.1) is 11.3 Å². The summed E-state index contributed by atoms with van der Waals surface area (Å²) >= 11 is 0. The van der Waals surface area contributed by atoms with Crippen molar-refractivity contribution in [2.24, 2.45) is 0 Å². The molecule has 0 atom stereocenters. The summed E-state index contributed by atoms with van der Waals surface area (Å²) in [5.41, 5.74) is 0. The molecule has 0 aliphatic rings. The van der Waals surface area contributed by atoms with E-state index in [1.165, 1.54) is 7.11 Å². The lowest BCUT2D eigenvalue weighted by Crippen LogP contribution is -2.27. The normalized spacial score (nSPS) is 11.0. The Morgan fingerprint density at radius 1 is 1.58 bits per heavy atom. The van der Waals surface area contributed by atoms with Gasteiger partial charge in [-0.3, -0.25) is 0 Å². The van der Waals surface area contributed by atoms with Crippen molar-refractivity contribution < 1.29 is 13.2 Å². The summed E-state index contributed by atoms with van der Waals surface area (Å²) in [7, 11) is -1.76. The molecule has 0 heterocycles. The number of methoxy groups -OCH3 is 1. The summed E-state index contributed by atoms with van der Waals surface area (Å²) in [5.74, 6) is 0.00250. The molecule has 6 heteroatoms. The zero-order valence-corrected chi connectivity index (χ0v) is 7.73. The fraction of sp³-hybridized carbons (Fsp3) is 0.833. The lowest BCUT2D eigenvalue weighted by molar-refractivity contribution is 0.199. The summed E-state index contributed by atoms with van der Waals surface area (Å²) in [5, 5.41) is 8.10. The molecule has 0 amide bonds. The van der Waals surface area contributed by atoms with Crippen LogP contribution in [0.3, 0.4) is 0 Å². The highest BCUT2D eigenvalue weighted by Gasteiger charge is 2.07. The molecule has 0 aromatic rings. The monoisotopic (exact) mass is 192 g/mol. The van der Waals surface area contributed by atoms with Gasteiger partial charge in [0.05, 0.1) is 18.4 Å². The molecule has 0 bridgehead atoms. The molecule has 0 unspecified atom stereocenters. The van der Waals surface area contributed by atoms with Crippen molar-refractivity contribution in [1.82, 2.24) is 4.72 Å². The first kappa shape index (κ1) is 11.4. The summed E-state index contributed by atoms with van der Waals surface area (Å²) in [6, 6.07) is 1.69. The molecular weight excluding hydrogens is 180 g/mol. The third kappa shape index (κ3) is 6.09. The predicted molar refractivity (Wildman–Crippen MR) is 43.9 cm³/mol. The number of nitrogens with zero attached hydrogens (tertiary/aromatic N) is 1. The molecule has 0 saturated heterocycles. The Morgan fingerprint density at radius 2 is 2.25 bits per heavy atom. The molecule has 0 spiro atoms. The average Bonchev–Trinajstić information content (AvgIpc) is 2.01. The number of hydrogen-bond donors (Lipinski definition) is 1. The van der Waals surface area contributed by atoms with Crippen molar-refractivity contribution in [3.05, 3.63) is 0 Å². The third-order valence-corrected chi connectivity index (χ3v) is 2.54. The van der Waals surface area contributed by atoms with Gasteiger partial charge in [-0.1, -0.05) is 0 Å². The first-order valence-corrected chi connectivity index (χ1v) is 5.11. The number of nitrogens with one attached hydrogen (secondary N) is 1. The molecule has 0 aromatic carbocycles. The van der Waals surface area contributed by atoms with Crippen molar-refractivity contribution in [3.8, 4) is 6.07 Å². The van der Waals surface area contributed by atoms with Crippen molar-refractivity contribution in [2.75, 3.05) is 26.0 Å². The van der Waals surface area contributed by atoms with E-state index in [9.17, 15) is 8.42 Å². The van der Waals surface area contributed by atoms with Crippen LogP contribution in [0.1, 0.15) is 6.42 Å². The molecule has 12 heavy (non-hydrogen) atoms. The number of rotatable bonds is 6. The largest absolute Gasteiger partial charge is 0.385 e. The lowest BCUT2D eigenvalue weighted by Gasteiger charge is -2.01. The summed E-state index contributed by atoms with van der Waals surface area (Å²) in [4.78, 5) is 0. The van der Waals surface area contributed by atoms with Crippen LogP contribution < -0.4 is 4.72 Å². The first-order valence-electron chi connectivity index (χ1n) is 3.45. The van der Waals surface area contributed by atoms with Gasteiger partial charge in [0.2, 0.25) is 10.0 Å². The highest BCUT2D eigenvalue weighted by molar-refractivity contribution is 7.89. The summed E-state index contributed by atoms with van der Waals surface area (Å²) in [6.07, 6.45) is 0.442. The Morgan fingerprint density at radius 3 is 2.75 bits per heavy atom. The topological polar surface area (TPSA) is 79.2 Å². The zero-order valence-electron chi connectivity index (χ0n) is 6.91. The van der Waals surface area contributed by atoms with E-state index >= 15 is 0 Å². The van der Waals surface area contributed by atoms with Gasteiger partial charge in [-0.05, 0) is 6.42 Å². The highest BCUT2D eigenvalue weighted by Crippen LogP contribution is 1.88. The van der Waals surface area contributed by atoms with Crippen LogP contribution in [0.15, 0.2) is 0 Å². The van der Waals surface area contributed by atoms with E-state index in [0.29, 0.717) is 13.0 Å². The fourth-order valence-corrected chi connectivity index (χ4v) is 1.53. The minimum Gasteiger partial charge on any atom is -0.385 e. The lowest BCUT2D eigenvalue weighted by atomic mass is 10.5. The van der Waals surface area contributed by atoms with Gasteiger partial charge < -0.3 is 4.74 Å².